The third-order valence-corrected chi connectivity index (χ3v) is 5.61. The normalized spacial score (nSPS) is 14.8. The molecule has 0 radical (unpaired) electrons. The summed E-state index contributed by atoms with van der Waals surface area (Å²) in [6, 6.07) is 17.8. The predicted octanol–water partition coefficient (Wildman–Crippen LogP) is 4.33. The maximum absolute atomic E-state index is 13.0. The summed E-state index contributed by atoms with van der Waals surface area (Å²) in [5, 5.41) is 2.81. The number of nitrogens with zero attached hydrogens (tertiary/aromatic N) is 3. The van der Waals surface area contributed by atoms with E-state index in [-0.39, 0.29) is 5.91 Å². The van der Waals surface area contributed by atoms with Crippen LogP contribution >= 0.6 is 11.6 Å². The zero-order chi connectivity index (χ0) is 19.1. The summed E-state index contributed by atoms with van der Waals surface area (Å²) in [7, 11) is 0. The van der Waals surface area contributed by atoms with Crippen molar-refractivity contribution in [1.29, 1.82) is 0 Å². The van der Waals surface area contributed by atoms with Gasteiger partial charge in [0.25, 0.3) is 5.91 Å². The number of H-pyrrole nitrogens is 1. The monoisotopic (exact) mass is 390 g/mol. The van der Waals surface area contributed by atoms with Gasteiger partial charge in [-0.25, -0.2) is 0 Å². The number of piperazine rings is 1. The predicted molar refractivity (Wildman–Crippen MR) is 113 cm³/mol. The number of carbonyl (C=O) groups excluding carboxylic acids is 1. The van der Waals surface area contributed by atoms with Crippen molar-refractivity contribution in [2.75, 3.05) is 31.1 Å². The molecule has 0 bridgehead atoms. The quantitative estimate of drug-likeness (QED) is 0.554. The second-order valence-electron chi connectivity index (χ2n) is 7.04. The van der Waals surface area contributed by atoms with Gasteiger partial charge < -0.3 is 14.8 Å². The first-order valence-corrected chi connectivity index (χ1v) is 9.73. The SMILES string of the molecule is O=C(c1cc2ccc3cccnc3c2[nH]1)N1CCN(c2ccc(Cl)cc2)CC1. The highest BCUT2D eigenvalue weighted by molar-refractivity contribution is 6.30. The highest BCUT2D eigenvalue weighted by atomic mass is 35.5. The largest absolute Gasteiger partial charge is 0.368 e. The van der Waals surface area contributed by atoms with E-state index in [1.807, 2.05) is 59.5 Å². The van der Waals surface area contributed by atoms with Gasteiger partial charge in [-0.1, -0.05) is 29.8 Å². The molecule has 1 fully saturated rings. The van der Waals surface area contributed by atoms with Gasteiger partial charge in [-0.05, 0) is 36.4 Å². The highest BCUT2D eigenvalue weighted by Gasteiger charge is 2.23. The standard InChI is InChI=1S/C22H19ClN4O/c23-17-5-7-18(8-6-17)26-10-12-27(13-11-26)22(28)19-14-16-4-3-15-2-1-9-24-20(15)21(16)25-19/h1-9,14,25H,10-13H2. The summed E-state index contributed by atoms with van der Waals surface area (Å²) in [4.78, 5) is 25.0. The van der Waals surface area contributed by atoms with Crippen molar-refractivity contribution < 1.29 is 4.79 Å². The number of nitrogens with one attached hydrogen (secondary N) is 1. The van der Waals surface area contributed by atoms with E-state index in [0.717, 1.165) is 45.6 Å². The van der Waals surface area contributed by atoms with E-state index in [1.54, 1.807) is 6.20 Å². The first-order valence-electron chi connectivity index (χ1n) is 9.35. The summed E-state index contributed by atoms with van der Waals surface area (Å²) in [5.41, 5.74) is 3.57. The number of aromatic nitrogens is 2. The van der Waals surface area contributed by atoms with Crippen LogP contribution in [0.1, 0.15) is 10.5 Å². The lowest BCUT2D eigenvalue weighted by atomic mass is 10.1. The molecule has 1 aliphatic rings. The lowest BCUT2D eigenvalue weighted by Gasteiger charge is -2.36. The number of aromatic amines is 1. The van der Waals surface area contributed by atoms with Crippen molar-refractivity contribution in [3.63, 3.8) is 0 Å². The molecule has 4 aromatic rings. The lowest BCUT2D eigenvalue weighted by Crippen LogP contribution is -2.48. The molecule has 5 rings (SSSR count). The van der Waals surface area contributed by atoms with Crippen LogP contribution in [0.3, 0.4) is 0 Å². The summed E-state index contributed by atoms with van der Waals surface area (Å²) in [6.07, 6.45) is 1.78. The molecule has 1 N–H and O–H groups in total. The smallest absolute Gasteiger partial charge is 0.270 e. The first-order chi connectivity index (χ1) is 13.7. The van der Waals surface area contributed by atoms with Gasteiger partial charge >= 0.3 is 0 Å². The number of benzene rings is 2. The van der Waals surface area contributed by atoms with Gasteiger partial charge in [-0.15, -0.1) is 0 Å². The fourth-order valence-corrected chi connectivity index (χ4v) is 3.97. The zero-order valence-corrected chi connectivity index (χ0v) is 16.0. The number of rotatable bonds is 2. The Morgan fingerprint density at radius 2 is 1.71 bits per heavy atom. The van der Waals surface area contributed by atoms with Gasteiger partial charge in [0, 0.05) is 53.9 Å². The van der Waals surface area contributed by atoms with Crippen molar-refractivity contribution in [3.05, 3.63) is 71.5 Å². The van der Waals surface area contributed by atoms with Crippen LogP contribution in [0, 0.1) is 0 Å². The maximum atomic E-state index is 13.0. The molecule has 140 valence electrons. The number of pyridine rings is 1. The van der Waals surface area contributed by atoms with Crippen molar-refractivity contribution in [3.8, 4) is 0 Å². The molecule has 0 aliphatic carbocycles. The van der Waals surface area contributed by atoms with E-state index in [9.17, 15) is 4.79 Å². The summed E-state index contributed by atoms with van der Waals surface area (Å²) in [5.74, 6) is 0.0380. The minimum atomic E-state index is 0.0380. The molecule has 0 spiro atoms. The molecule has 5 nitrogen and oxygen atoms in total. The Bertz CT molecular complexity index is 1160. The minimum Gasteiger partial charge on any atom is -0.368 e. The molecule has 1 amide bonds. The van der Waals surface area contributed by atoms with E-state index in [1.165, 1.54) is 0 Å². The van der Waals surface area contributed by atoms with Crippen LogP contribution in [-0.4, -0.2) is 47.0 Å². The van der Waals surface area contributed by atoms with Crippen LogP contribution in [0.25, 0.3) is 21.8 Å². The van der Waals surface area contributed by atoms with Crippen LogP contribution in [0.5, 0.6) is 0 Å². The maximum Gasteiger partial charge on any atom is 0.270 e. The Kier molecular flexibility index (Phi) is 4.17. The number of carbonyl (C=O) groups is 1. The number of amides is 1. The second kappa shape index (κ2) is 6.84. The zero-order valence-electron chi connectivity index (χ0n) is 15.2. The highest BCUT2D eigenvalue weighted by Crippen LogP contribution is 2.25. The molecule has 0 unspecified atom stereocenters. The van der Waals surface area contributed by atoms with E-state index in [4.69, 9.17) is 11.6 Å². The first kappa shape index (κ1) is 17.1. The topological polar surface area (TPSA) is 52.2 Å². The van der Waals surface area contributed by atoms with Crippen molar-refractivity contribution >= 4 is 45.0 Å². The van der Waals surface area contributed by atoms with Crippen molar-refractivity contribution in [2.45, 2.75) is 0 Å². The molecule has 1 aliphatic heterocycles. The van der Waals surface area contributed by atoms with Crippen LogP contribution in [0.2, 0.25) is 5.02 Å². The van der Waals surface area contributed by atoms with Crippen LogP contribution in [0.15, 0.2) is 60.8 Å². The minimum absolute atomic E-state index is 0.0380. The average molecular weight is 391 g/mol. The number of hydrogen-bond acceptors (Lipinski definition) is 3. The van der Waals surface area contributed by atoms with Crippen LogP contribution in [-0.2, 0) is 0 Å². The van der Waals surface area contributed by atoms with Crippen molar-refractivity contribution in [2.24, 2.45) is 0 Å². The van der Waals surface area contributed by atoms with E-state index in [2.05, 4.69) is 14.9 Å². The molecule has 0 saturated carbocycles. The molecule has 2 aromatic heterocycles. The Balaban J connectivity index is 1.35. The summed E-state index contributed by atoms with van der Waals surface area (Å²) >= 11 is 5.97. The summed E-state index contributed by atoms with van der Waals surface area (Å²) in [6.45, 7) is 2.99. The molecule has 2 aromatic carbocycles. The molecular formula is C22H19ClN4O. The lowest BCUT2D eigenvalue weighted by molar-refractivity contribution is 0.0742. The third-order valence-electron chi connectivity index (χ3n) is 5.36. The summed E-state index contributed by atoms with van der Waals surface area (Å²) < 4.78 is 0. The Morgan fingerprint density at radius 3 is 2.50 bits per heavy atom. The van der Waals surface area contributed by atoms with Crippen LogP contribution < -0.4 is 4.90 Å². The second-order valence-corrected chi connectivity index (χ2v) is 7.48. The average Bonchev–Trinajstić information content (AvgIpc) is 3.19. The number of fused-ring (bicyclic) bond motifs is 3. The van der Waals surface area contributed by atoms with E-state index in [0.29, 0.717) is 18.8 Å². The van der Waals surface area contributed by atoms with Gasteiger partial charge in [0.05, 0.1) is 11.0 Å². The Morgan fingerprint density at radius 1 is 0.964 bits per heavy atom. The molecule has 3 heterocycles. The Hall–Kier alpha value is -3.05. The number of anilines is 1. The Labute approximate surface area is 167 Å². The third kappa shape index (κ3) is 2.98. The van der Waals surface area contributed by atoms with Gasteiger partial charge in [0.1, 0.15) is 5.69 Å². The van der Waals surface area contributed by atoms with Gasteiger partial charge in [-0.3, -0.25) is 9.78 Å². The van der Waals surface area contributed by atoms with Crippen molar-refractivity contribution in [1.82, 2.24) is 14.9 Å². The molecule has 0 atom stereocenters. The molecule has 28 heavy (non-hydrogen) atoms. The number of hydrogen-bond donors (Lipinski definition) is 1. The molecule has 1 saturated heterocycles. The molecule has 6 heteroatoms. The van der Waals surface area contributed by atoms with Gasteiger partial charge in [-0.2, -0.15) is 0 Å². The van der Waals surface area contributed by atoms with Gasteiger partial charge in [0.2, 0.25) is 0 Å². The van der Waals surface area contributed by atoms with E-state index < -0.39 is 0 Å². The fraction of sp³-hybridized carbons (Fsp3) is 0.182. The number of halogens is 1. The van der Waals surface area contributed by atoms with E-state index >= 15 is 0 Å². The molecular weight excluding hydrogens is 372 g/mol. The fourth-order valence-electron chi connectivity index (χ4n) is 3.84. The van der Waals surface area contributed by atoms with Crippen LogP contribution in [0.4, 0.5) is 5.69 Å². The van der Waals surface area contributed by atoms with Gasteiger partial charge in [0.15, 0.2) is 0 Å².